The van der Waals surface area contributed by atoms with E-state index in [0.717, 1.165) is 0 Å². The second-order valence-corrected chi connectivity index (χ2v) is 6.34. The van der Waals surface area contributed by atoms with Crippen molar-refractivity contribution in [3.05, 3.63) is 38.1 Å². The first-order chi connectivity index (χ1) is 9.88. The van der Waals surface area contributed by atoms with Gasteiger partial charge in [-0.1, -0.05) is 25.4 Å². The van der Waals surface area contributed by atoms with E-state index < -0.39 is 5.91 Å². The Morgan fingerprint density at radius 1 is 1.24 bits per heavy atom. The van der Waals surface area contributed by atoms with Crippen LogP contribution in [0.2, 0.25) is 5.02 Å². The van der Waals surface area contributed by atoms with Crippen molar-refractivity contribution in [2.75, 3.05) is 5.32 Å². The third kappa shape index (κ3) is 3.96. The van der Waals surface area contributed by atoms with Gasteiger partial charge in [-0.05, 0) is 31.9 Å². The van der Waals surface area contributed by atoms with Crippen LogP contribution in [-0.2, 0) is 0 Å². The van der Waals surface area contributed by atoms with E-state index >= 15 is 0 Å². The Bertz CT molecular complexity index is 695. The molecule has 0 aliphatic carbocycles. The highest BCUT2D eigenvalue weighted by Gasteiger charge is 2.17. The Balaban J connectivity index is 2.30. The highest BCUT2D eigenvalue weighted by atomic mass is 79.9. The molecule has 1 N–H and O–H groups in total. The predicted octanol–water partition coefficient (Wildman–Crippen LogP) is 3.82. The van der Waals surface area contributed by atoms with Crippen LogP contribution in [0.3, 0.4) is 0 Å². The molecule has 0 spiro atoms. The van der Waals surface area contributed by atoms with E-state index in [1.54, 1.807) is 0 Å². The Morgan fingerprint density at radius 2 is 1.95 bits per heavy atom. The maximum atomic E-state index is 12.3. The van der Waals surface area contributed by atoms with Crippen molar-refractivity contribution in [2.24, 2.45) is 0 Å². The topological polar surface area (TPSA) is 80.7 Å². The van der Waals surface area contributed by atoms with Crippen molar-refractivity contribution < 1.29 is 4.79 Å². The molecule has 1 amide bonds. The van der Waals surface area contributed by atoms with E-state index in [1.165, 1.54) is 12.4 Å². The fourth-order valence-electron chi connectivity index (χ4n) is 1.42. The first-order valence-corrected chi connectivity index (χ1v) is 7.86. The molecule has 9 heteroatoms. The maximum absolute atomic E-state index is 12.3. The molecule has 0 aliphatic heterocycles. The van der Waals surface area contributed by atoms with Gasteiger partial charge in [0.15, 0.2) is 11.5 Å². The van der Waals surface area contributed by atoms with Crippen molar-refractivity contribution in [1.82, 2.24) is 19.9 Å². The third-order valence-corrected chi connectivity index (χ3v) is 3.64. The molecule has 110 valence electrons. The van der Waals surface area contributed by atoms with Crippen LogP contribution in [0.1, 0.15) is 36.1 Å². The fraction of sp³-hybridized carbons (Fsp3) is 0.250. The average molecular weight is 436 g/mol. The molecule has 0 fully saturated rings. The molecule has 0 unspecified atom stereocenters. The fourth-order valence-corrected chi connectivity index (χ4v) is 2.50. The molecule has 2 heterocycles. The number of rotatable bonds is 3. The molecule has 2 aromatic rings. The summed E-state index contributed by atoms with van der Waals surface area (Å²) in [6, 6.07) is 0. The lowest BCUT2D eigenvalue weighted by Gasteiger charge is -2.09. The lowest BCUT2D eigenvalue weighted by molar-refractivity contribution is 0.102. The Kier molecular flexibility index (Phi) is 5.23. The number of hydrogen-bond donors (Lipinski definition) is 1. The van der Waals surface area contributed by atoms with Crippen LogP contribution >= 0.6 is 43.5 Å². The molecular weight excluding hydrogens is 425 g/mol. The smallest absolute Gasteiger partial charge is 0.277 e. The van der Waals surface area contributed by atoms with E-state index in [2.05, 4.69) is 57.1 Å². The molecule has 2 rings (SSSR count). The van der Waals surface area contributed by atoms with Crippen LogP contribution in [0, 0.1) is 0 Å². The van der Waals surface area contributed by atoms with Gasteiger partial charge >= 0.3 is 0 Å². The van der Waals surface area contributed by atoms with Gasteiger partial charge in [0.2, 0.25) is 0 Å². The van der Waals surface area contributed by atoms with Crippen LogP contribution in [0.4, 0.5) is 5.82 Å². The van der Waals surface area contributed by atoms with Gasteiger partial charge in [0.05, 0.1) is 17.4 Å². The zero-order valence-corrected chi connectivity index (χ0v) is 15.0. The number of carbonyl (C=O) groups excluding carboxylic acids is 1. The number of hydrogen-bond acceptors (Lipinski definition) is 5. The first-order valence-electron chi connectivity index (χ1n) is 5.90. The number of amides is 1. The number of halogens is 3. The van der Waals surface area contributed by atoms with E-state index in [1.807, 2.05) is 13.8 Å². The number of aromatic nitrogens is 4. The maximum Gasteiger partial charge on any atom is 0.277 e. The Hall–Kier alpha value is -1.12. The molecule has 21 heavy (non-hydrogen) atoms. The molecule has 0 radical (unpaired) electrons. The third-order valence-electron chi connectivity index (χ3n) is 2.43. The van der Waals surface area contributed by atoms with Gasteiger partial charge in [-0.15, -0.1) is 0 Å². The van der Waals surface area contributed by atoms with Crippen LogP contribution in [0.25, 0.3) is 0 Å². The summed E-state index contributed by atoms with van der Waals surface area (Å²) in [4.78, 5) is 28.7. The van der Waals surface area contributed by atoms with Crippen LogP contribution in [0.5, 0.6) is 0 Å². The normalized spacial score (nSPS) is 10.8. The largest absolute Gasteiger partial charge is 0.303 e. The monoisotopic (exact) mass is 433 g/mol. The summed E-state index contributed by atoms with van der Waals surface area (Å²) in [5, 5.41) is 2.78. The lowest BCUT2D eigenvalue weighted by Crippen LogP contribution is -2.17. The molecule has 0 bridgehead atoms. The van der Waals surface area contributed by atoms with Crippen LogP contribution in [-0.4, -0.2) is 25.8 Å². The lowest BCUT2D eigenvalue weighted by atomic mass is 10.2. The van der Waals surface area contributed by atoms with Crippen molar-refractivity contribution in [3.8, 4) is 0 Å². The zero-order valence-electron chi connectivity index (χ0n) is 11.1. The van der Waals surface area contributed by atoms with Gasteiger partial charge in [-0.3, -0.25) is 4.79 Å². The van der Waals surface area contributed by atoms with Crippen molar-refractivity contribution in [1.29, 1.82) is 0 Å². The molecule has 0 saturated heterocycles. The molecule has 0 atom stereocenters. The van der Waals surface area contributed by atoms with E-state index in [-0.39, 0.29) is 22.5 Å². The summed E-state index contributed by atoms with van der Waals surface area (Å²) in [6.45, 7) is 3.86. The summed E-state index contributed by atoms with van der Waals surface area (Å²) in [5.41, 5.74) is 0.104. The second-order valence-electron chi connectivity index (χ2n) is 4.37. The van der Waals surface area contributed by atoms with Crippen molar-refractivity contribution in [3.63, 3.8) is 0 Å². The number of carbonyl (C=O) groups is 1. The van der Waals surface area contributed by atoms with E-state index in [4.69, 9.17) is 11.6 Å². The SMILES string of the molecule is CC(C)c1ncc(Cl)c(C(=O)Nc2ncc(Br)nc2Br)n1. The molecule has 0 aromatic carbocycles. The van der Waals surface area contributed by atoms with Gasteiger partial charge in [0, 0.05) is 5.92 Å². The summed E-state index contributed by atoms with van der Waals surface area (Å²) < 4.78 is 0.953. The molecule has 0 aliphatic rings. The van der Waals surface area contributed by atoms with Gasteiger partial charge in [-0.25, -0.2) is 19.9 Å². The van der Waals surface area contributed by atoms with Gasteiger partial charge < -0.3 is 5.32 Å². The number of nitrogens with zero attached hydrogens (tertiary/aromatic N) is 4. The molecular formula is C12H10Br2ClN5O. The van der Waals surface area contributed by atoms with Crippen molar-refractivity contribution >= 4 is 55.2 Å². The summed E-state index contributed by atoms with van der Waals surface area (Å²) in [6.07, 6.45) is 2.89. The molecule has 6 nitrogen and oxygen atoms in total. The van der Waals surface area contributed by atoms with Gasteiger partial charge in [-0.2, -0.15) is 0 Å². The number of anilines is 1. The van der Waals surface area contributed by atoms with Gasteiger partial charge in [0.1, 0.15) is 15.0 Å². The quantitative estimate of drug-likeness (QED) is 0.793. The standard InChI is InChI=1S/C12H10Br2ClN5O/c1-5(2)10-16-3-6(15)8(19-10)12(21)20-11-9(14)18-7(13)4-17-11/h3-5H,1-2H3,(H,17,20,21). The van der Waals surface area contributed by atoms with Crippen LogP contribution in [0.15, 0.2) is 21.6 Å². The highest BCUT2D eigenvalue weighted by Crippen LogP contribution is 2.22. The second kappa shape index (κ2) is 6.76. The summed E-state index contributed by atoms with van der Waals surface area (Å²) in [5.74, 6) is 0.448. The van der Waals surface area contributed by atoms with Gasteiger partial charge in [0.25, 0.3) is 5.91 Å². The number of nitrogens with one attached hydrogen (secondary N) is 1. The minimum absolute atomic E-state index is 0.0908. The van der Waals surface area contributed by atoms with E-state index in [9.17, 15) is 4.79 Å². The van der Waals surface area contributed by atoms with E-state index in [0.29, 0.717) is 15.0 Å². The summed E-state index contributed by atoms with van der Waals surface area (Å²) in [7, 11) is 0. The Morgan fingerprint density at radius 3 is 2.57 bits per heavy atom. The first kappa shape index (κ1) is 16.3. The minimum atomic E-state index is -0.471. The van der Waals surface area contributed by atoms with Crippen LogP contribution < -0.4 is 5.32 Å². The zero-order chi connectivity index (χ0) is 15.6. The predicted molar refractivity (Wildman–Crippen MR) is 86.5 cm³/mol. The minimum Gasteiger partial charge on any atom is -0.303 e. The van der Waals surface area contributed by atoms with Crippen molar-refractivity contribution in [2.45, 2.75) is 19.8 Å². The Labute approximate surface area is 143 Å². The summed E-state index contributed by atoms with van der Waals surface area (Å²) >= 11 is 12.4. The highest BCUT2D eigenvalue weighted by molar-refractivity contribution is 9.11. The molecule has 0 saturated carbocycles. The average Bonchev–Trinajstić information content (AvgIpc) is 2.42. The molecule has 2 aromatic heterocycles.